The second kappa shape index (κ2) is 7.32. The zero-order valence-corrected chi connectivity index (χ0v) is 16.3. The van der Waals surface area contributed by atoms with Gasteiger partial charge < -0.3 is 4.42 Å². The largest absolute Gasteiger partial charge is 0.460 e. The lowest BCUT2D eigenvalue weighted by Crippen LogP contribution is -2.30. The minimum atomic E-state index is 0.806. The lowest BCUT2D eigenvalue weighted by molar-refractivity contribution is 0.223. The second-order valence-corrected chi connectivity index (χ2v) is 7.75. The number of hydrogen-bond donors (Lipinski definition) is 0. The maximum absolute atomic E-state index is 6.05. The molecule has 0 N–H and O–H groups in total. The van der Waals surface area contributed by atoms with E-state index in [9.17, 15) is 0 Å². The van der Waals surface area contributed by atoms with E-state index in [2.05, 4.69) is 49.0 Å². The standard InChI is InChI=1S/C19H18BrN3OS/c1-25-19-21-10-14-11-23(9-8-17(14)22-19)12-16-6-7-18(24-16)13-2-4-15(20)5-3-13/h2-7,10H,8-9,11-12H2,1H3. The maximum Gasteiger partial charge on any atom is 0.187 e. The molecule has 4 rings (SSSR count). The summed E-state index contributed by atoms with van der Waals surface area (Å²) in [4.78, 5) is 11.4. The molecular weight excluding hydrogens is 398 g/mol. The Balaban J connectivity index is 1.45. The fraction of sp³-hybridized carbons (Fsp3) is 0.263. The third-order valence-corrected chi connectivity index (χ3v) is 5.43. The summed E-state index contributed by atoms with van der Waals surface area (Å²) in [6.45, 7) is 2.67. The van der Waals surface area contributed by atoms with Gasteiger partial charge in [0.05, 0.1) is 12.2 Å². The molecule has 25 heavy (non-hydrogen) atoms. The Hall–Kier alpha value is -1.63. The molecule has 0 amide bonds. The summed E-state index contributed by atoms with van der Waals surface area (Å²) in [5.74, 6) is 1.90. The number of aromatic nitrogens is 2. The SMILES string of the molecule is CSc1ncc2c(n1)CCN(Cc1ccc(-c3ccc(Br)cc3)o1)C2. The third kappa shape index (κ3) is 3.81. The molecule has 3 aromatic rings. The summed E-state index contributed by atoms with van der Waals surface area (Å²) in [6.07, 6.45) is 4.94. The van der Waals surface area contributed by atoms with Crippen molar-refractivity contribution in [1.29, 1.82) is 0 Å². The Kier molecular flexibility index (Phi) is 4.92. The molecular formula is C19H18BrN3OS. The van der Waals surface area contributed by atoms with Crippen LogP contribution in [0.15, 0.2) is 56.6 Å². The predicted octanol–water partition coefficient (Wildman–Crippen LogP) is 4.78. The van der Waals surface area contributed by atoms with Crippen LogP contribution in [0.3, 0.4) is 0 Å². The zero-order valence-electron chi connectivity index (χ0n) is 13.9. The van der Waals surface area contributed by atoms with Crippen molar-refractivity contribution in [3.8, 4) is 11.3 Å². The fourth-order valence-electron chi connectivity index (χ4n) is 3.04. The van der Waals surface area contributed by atoms with Crippen molar-refractivity contribution in [3.63, 3.8) is 0 Å². The number of furan rings is 1. The number of rotatable bonds is 4. The van der Waals surface area contributed by atoms with Crippen LogP contribution in [0.1, 0.15) is 17.0 Å². The molecule has 128 valence electrons. The molecule has 4 nitrogen and oxygen atoms in total. The normalized spacial score (nSPS) is 14.5. The minimum absolute atomic E-state index is 0.806. The Labute approximate surface area is 159 Å². The molecule has 6 heteroatoms. The molecule has 0 fully saturated rings. The van der Waals surface area contributed by atoms with Gasteiger partial charge in [-0.2, -0.15) is 0 Å². The smallest absolute Gasteiger partial charge is 0.187 e. The number of fused-ring (bicyclic) bond motifs is 1. The number of halogens is 1. The summed E-state index contributed by atoms with van der Waals surface area (Å²) in [7, 11) is 0. The van der Waals surface area contributed by atoms with E-state index in [4.69, 9.17) is 4.42 Å². The van der Waals surface area contributed by atoms with Gasteiger partial charge in [-0.3, -0.25) is 4.90 Å². The van der Waals surface area contributed by atoms with Crippen molar-refractivity contribution in [2.75, 3.05) is 12.8 Å². The molecule has 0 radical (unpaired) electrons. The topological polar surface area (TPSA) is 42.2 Å². The van der Waals surface area contributed by atoms with Crippen molar-refractivity contribution in [2.24, 2.45) is 0 Å². The predicted molar refractivity (Wildman–Crippen MR) is 103 cm³/mol. The lowest BCUT2D eigenvalue weighted by atomic mass is 10.1. The maximum atomic E-state index is 6.05. The molecule has 0 unspecified atom stereocenters. The van der Waals surface area contributed by atoms with Gasteiger partial charge in [0.15, 0.2) is 5.16 Å². The highest BCUT2D eigenvalue weighted by molar-refractivity contribution is 9.10. The lowest BCUT2D eigenvalue weighted by Gasteiger charge is -2.27. The fourth-order valence-corrected chi connectivity index (χ4v) is 3.67. The van der Waals surface area contributed by atoms with Gasteiger partial charge in [0, 0.05) is 41.3 Å². The summed E-state index contributed by atoms with van der Waals surface area (Å²) < 4.78 is 7.12. The number of nitrogens with zero attached hydrogens (tertiary/aromatic N) is 3. The highest BCUT2D eigenvalue weighted by atomic mass is 79.9. The Morgan fingerprint density at radius 3 is 2.84 bits per heavy atom. The monoisotopic (exact) mass is 415 g/mol. The van der Waals surface area contributed by atoms with E-state index < -0.39 is 0 Å². The first-order chi connectivity index (χ1) is 12.2. The van der Waals surface area contributed by atoms with Crippen molar-refractivity contribution < 1.29 is 4.42 Å². The van der Waals surface area contributed by atoms with E-state index in [1.54, 1.807) is 11.8 Å². The first-order valence-electron chi connectivity index (χ1n) is 8.17. The molecule has 1 aliphatic rings. The molecule has 0 atom stereocenters. The van der Waals surface area contributed by atoms with E-state index in [-0.39, 0.29) is 0 Å². The average molecular weight is 416 g/mol. The first kappa shape index (κ1) is 16.8. The van der Waals surface area contributed by atoms with Gasteiger partial charge in [0.1, 0.15) is 11.5 Å². The summed E-state index contributed by atoms with van der Waals surface area (Å²) in [5, 5.41) is 0.859. The van der Waals surface area contributed by atoms with Gasteiger partial charge in [-0.25, -0.2) is 9.97 Å². The van der Waals surface area contributed by atoms with Crippen LogP contribution in [0.4, 0.5) is 0 Å². The highest BCUT2D eigenvalue weighted by Crippen LogP contribution is 2.26. The molecule has 0 saturated heterocycles. The van der Waals surface area contributed by atoms with E-state index in [1.807, 2.05) is 30.7 Å². The van der Waals surface area contributed by atoms with E-state index in [1.165, 1.54) is 11.3 Å². The van der Waals surface area contributed by atoms with Crippen molar-refractivity contribution in [1.82, 2.24) is 14.9 Å². The van der Waals surface area contributed by atoms with E-state index in [0.29, 0.717) is 0 Å². The Bertz CT molecular complexity index is 879. The van der Waals surface area contributed by atoms with E-state index >= 15 is 0 Å². The van der Waals surface area contributed by atoms with Crippen LogP contribution in [0.2, 0.25) is 0 Å². The van der Waals surface area contributed by atoms with Crippen LogP contribution in [-0.4, -0.2) is 27.7 Å². The van der Waals surface area contributed by atoms with Gasteiger partial charge in [-0.15, -0.1) is 0 Å². The average Bonchev–Trinajstić information content (AvgIpc) is 3.10. The van der Waals surface area contributed by atoms with Crippen LogP contribution < -0.4 is 0 Å². The van der Waals surface area contributed by atoms with Crippen molar-refractivity contribution >= 4 is 27.7 Å². The van der Waals surface area contributed by atoms with Gasteiger partial charge in [0.25, 0.3) is 0 Å². The Morgan fingerprint density at radius 1 is 1.20 bits per heavy atom. The molecule has 0 bridgehead atoms. The molecule has 0 spiro atoms. The number of thioether (sulfide) groups is 1. The van der Waals surface area contributed by atoms with Gasteiger partial charge in [0.2, 0.25) is 0 Å². The van der Waals surface area contributed by atoms with Crippen molar-refractivity contribution in [3.05, 3.63) is 64.1 Å². The summed E-state index contributed by atoms with van der Waals surface area (Å²) in [5.41, 5.74) is 3.51. The second-order valence-electron chi connectivity index (χ2n) is 6.06. The Morgan fingerprint density at radius 2 is 2.04 bits per heavy atom. The highest BCUT2D eigenvalue weighted by Gasteiger charge is 2.19. The van der Waals surface area contributed by atoms with Crippen LogP contribution in [-0.2, 0) is 19.5 Å². The van der Waals surface area contributed by atoms with Crippen LogP contribution >= 0.6 is 27.7 Å². The van der Waals surface area contributed by atoms with Crippen molar-refractivity contribution in [2.45, 2.75) is 24.7 Å². The third-order valence-electron chi connectivity index (χ3n) is 4.34. The van der Waals surface area contributed by atoms with Gasteiger partial charge >= 0.3 is 0 Å². The quantitative estimate of drug-likeness (QED) is 0.452. The van der Waals surface area contributed by atoms with Gasteiger partial charge in [-0.05, 0) is 30.5 Å². The van der Waals surface area contributed by atoms with Crippen LogP contribution in [0.5, 0.6) is 0 Å². The summed E-state index contributed by atoms with van der Waals surface area (Å²) >= 11 is 5.06. The molecule has 1 aromatic carbocycles. The molecule has 3 heterocycles. The summed E-state index contributed by atoms with van der Waals surface area (Å²) in [6, 6.07) is 12.3. The number of benzene rings is 1. The van der Waals surface area contributed by atoms with Gasteiger partial charge in [-0.1, -0.05) is 39.8 Å². The molecule has 2 aromatic heterocycles. The van der Waals surface area contributed by atoms with E-state index in [0.717, 1.165) is 52.8 Å². The minimum Gasteiger partial charge on any atom is -0.460 e. The first-order valence-corrected chi connectivity index (χ1v) is 10.2. The zero-order chi connectivity index (χ0) is 17.2. The molecule has 0 aliphatic carbocycles. The van der Waals surface area contributed by atoms with Crippen LogP contribution in [0.25, 0.3) is 11.3 Å². The molecule has 0 saturated carbocycles. The molecule has 1 aliphatic heterocycles. The van der Waals surface area contributed by atoms with Crippen LogP contribution in [0, 0.1) is 0 Å². The number of hydrogen-bond acceptors (Lipinski definition) is 5.